The van der Waals surface area contributed by atoms with Crippen molar-refractivity contribution in [3.63, 3.8) is 0 Å². The molecule has 0 bridgehead atoms. The fraction of sp³-hybridized carbons (Fsp3) is 0.300. The van der Waals surface area contributed by atoms with Crippen molar-refractivity contribution in [1.82, 2.24) is 14.8 Å². The van der Waals surface area contributed by atoms with Gasteiger partial charge in [0.25, 0.3) is 5.56 Å². The van der Waals surface area contributed by atoms with E-state index < -0.39 is 5.91 Å². The SMILES string of the molecule is CCCn1[nH]c(=O)c2c(C(N)=O)ccnc21. The summed E-state index contributed by atoms with van der Waals surface area (Å²) in [4.78, 5) is 26.9. The molecular weight excluding hydrogens is 208 g/mol. The number of primary amides is 1. The van der Waals surface area contributed by atoms with E-state index >= 15 is 0 Å². The number of carbonyl (C=O) groups is 1. The first-order valence-electron chi connectivity index (χ1n) is 5.02. The van der Waals surface area contributed by atoms with Crippen molar-refractivity contribution in [1.29, 1.82) is 0 Å². The second-order valence-corrected chi connectivity index (χ2v) is 3.51. The fourth-order valence-electron chi connectivity index (χ4n) is 1.70. The summed E-state index contributed by atoms with van der Waals surface area (Å²) in [6, 6.07) is 1.45. The molecule has 6 heteroatoms. The summed E-state index contributed by atoms with van der Waals surface area (Å²) in [5, 5.41) is 2.91. The van der Waals surface area contributed by atoms with E-state index in [1.165, 1.54) is 12.3 Å². The van der Waals surface area contributed by atoms with Gasteiger partial charge in [0.2, 0.25) is 5.91 Å². The Kier molecular flexibility index (Phi) is 2.47. The van der Waals surface area contributed by atoms with E-state index in [9.17, 15) is 9.59 Å². The zero-order valence-electron chi connectivity index (χ0n) is 8.86. The Balaban J connectivity index is 2.79. The highest BCUT2D eigenvalue weighted by Crippen LogP contribution is 2.11. The minimum atomic E-state index is -0.618. The van der Waals surface area contributed by atoms with Crippen LogP contribution in [0.5, 0.6) is 0 Å². The number of aryl methyl sites for hydroxylation is 1. The summed E-state index contributed by atoms with van der Waals surface area (Å²) in [7, 11) is 0. The Morgan fingerprint density at radius 1 is 1.62 bits per heavy atom. The highest BCUT2D eigenvalue weighted by molar-refractivity contribution is 6.04. The van der Waals surface area contributed by atoms with Crippen molar-refractivity contribution in [3.05, 3.63) is 28.2 Å². The van der Waals surface area contributed by atoms with Gasteiger partial charge in [0, 0.05) is 12.7 Å². The summed E-state index contributed by atoms with van der Waals surface area (Å²) in [5.74, 6) is -0.618. The van der Waals surface area contributed by atoms with E-state index in [1.54, 1.807) is 4.68 Å². The highest BCUT2D eigenvalue weighted by atomic mass is 16.1. The first kappa shape index (κ1) is 10.4. The largest absolute Gasteiger partial charge is 0.366 e. The zero-order chi connectivity index (χ0) is 11.7. The fourth-order valence-corrected chi connectivity index (χ4v) is 1.70. The number of hydrogen-bond donors (Lipinski definition) is 2. The van der Waals surface area contributed by atoms with E-state index in [0.29, 0.717) is 12.2 Å². The van der Waals surface area contributed by atoms with E-state index in [0.717, 1.165) is 6.42 Å². The first-order valence-corrected chi connectivity index (χ1v) is 5.02. The molecule has 84 valence electrons. The zero-order valence-corrected chi connectivity index (χ0v) is 8.86. The minimum absolute atomic E-state index is 0.209. The summed E-state index contributed by atoms with van der Waals surface area (Å²) in [6.45, 7) is 2.63. The van der Waals surface area contributed by atoms with Crippen molar-refractivity contribution in [2.24, 2.45) is 5.73 Å². The van der Waals surface area contributed by atoms with Gasteiger partial charge >= 0.3 is 0 Å². The molecule has 6 nitrogen and oxygen atoms in total. The number of nitrogens with two attached hydrogens (primary N) is 1. The molecule has 0 aliphatic heterocycles. The van der Waals surface area contributed by atoms with Crippen molar-refractivity contribution in [3.8, 4) is 0 Å². The molecule has 2 heterocycles. The van der Waals surface area contributed by atoms with Crippen molar-refractivity contribution >= 4 is 16.9 Å². The Bertz CT molecular complexity index is 596. The molecule has 3 N–H and O–H groups in total. The third kappa shape index (κ3) is 1.48. The molecule has 1 amide bonds. The molecule has 0 aliphatic rings. The Morgan fingerprint density at radius 3 is 3.00 bits per heavy atom. The van der Waals surface area contributed by atoms with E-state index in [4.69, 9.17) is 5.73 Å². The normalized spacial score (nSPS) is 10.8. The van der Waals surface area contributed by atoms with Gasteiger partial charge in [0.15, 0.2) is 5.65 Å². The Labute approximate surface area is 91.1 Å². The molecule has 0 spiro atoms. The molecule has 0 aliphatic carbocycles. The number of amides is 1. The summed E-state index contributed by atoms with van der Waals surface area (Å²) in [5.41, 5.74) is 5.56. The van der Waals surface area contributed by atoms with Crippen molar-refractivity contribution in [2.45, 2.75) is 19.9 Å². The molecule has 0 saturated heterocycles. The molecule has 0 saturated carbocycles. The lowest BCUT2D eigenvalue weighted by molar-refractivity contribution is 0.100. The van der Waals surface area contributed by atoms with Crippen LogP contribution in [-0.2, 0) is 6.54 Å². The number of nitrogens with zero attached hydrogens (tertiary/aromatic N) is 2. The molecule has 0 aromatic carbocycles. The quantitative estimate of drug-likeness (QED) is 0.775. The van der Waals surface area contributed by atoms with Crippen LogP contribution in [0.3, 0.4) is 0 Å². The smallest absolute Gasteiger partial charge is 0.274 e. The number of nitrogens with one attached hydrogen (secondary N) is 1. The van der Waals surface area contributed by atoms with Crippen LogP contribution >= 0.6 is 0 Å². The van der Waals surface area contributed by atoms with Crippen LogP contribution in [0, 0.1) is 0 Å². The molecule has 0 unspecified atom stereocenters. The predicted octanol–water partition coefficient (Wildman–Crippen LogP) is 0.233. The van der Waals surface area contributed by atoms with Crippen LogP contribution in [-0.4, -0.2) is 20.7 Å². The van der Waals surface area contributed by atoms with E-state index in [1.807, 2.05) is 6.92 Å². The average Bonchev–Trinajstić information content (AvgIpc) is 2.57. The minimum Gasteiger partial charge on any atom is -0.366 e. The van der Waals surface area contributed by atoms with Crippen LogP contribution in [0.15, 0.2) is 17.1 Å². The summed E-state index contributed by atoms with van der Waals surface area (Å²) in [6.07, 6.45) is 2.34. The van der Waals surface area contributed by atoms with Gasteiger partial charge in [-0.05, 0) is 12.5 Å². The van der Waals surface area contributed by atoms with Gasteiger partial charge in [-0.25, -0.2) is 4.98 Å². The maximum atomic E-state index is 11.7. The second-order valence-electron chi connectivity index (χ2n) is 3.51. The monoisotopic (exact) mass is 220 g/mol. The van der Waals surface area contributed by atoms with Crippen molar-refractivity contribution < 1.29 is 4.79 Å². The third-order valence-corrected chi connectivity index (χ3v) is 2.36. The molecule has 16 heavy (non-hydrogen) atoms. The van der Waals surface area contributed by atoms with Crippen LogP contribution in [0.25, 0.3) is 11.0 Å². The van der Waals surface area contributed by atoms with Crippen LogP contribution in [0.1, 0.15) is 23.7 Å². The lowest BCUT2D eigenvalue weighted by Crippen LogP contribution is -2.14. The maximum absolute atomic E-state index is 11.7. The molecular formula is C10H12N4O2. The molecule has 2 aromatic rings. The lowest BCUT2D eigenvalue weighted by Gasteiger charge is -2.00. The Morgan fingerprint density at radius 2 is 2.38 bits per heavy atom. The number of rotatable bonds is 3. The number of aromatic amines is 1. The molecule has 2 rings (SSSR count). The van der Waals surface area contributed by atoms with Gasteiger partial charge < -0.3 is 5.73 Å². The topological polar surface area (TPSA) is 93.8 Å². The third-order valence-electron chi connectivity index (χ3n) is 2.36. The van der Waals surface area contributed by atoms with Gasteiger partial charge in [0.1, 0.15) is 0 Å². The van der Waals surface area contributed by atoms with E-state index in [-0.39, 0.29) is 16.5 Å². The standard InChI is InChI=1S/C10H12N4O2/c1-2-5-14-9-7(10(16)13-14)6(8(11)15)3-4-12-9/h3-4H,2,5H2,1H3,(H2,11,15)(H,13,16). The Hall–Kier alpha value is -2.11. The van der Waals surface area contributed by atoms with Gasteiger partial charge in [0.05, 0.1) is 10.9 Å². The second kappa shape index (κ2) is 3.80. The van der Waals surface area contributed by atoms with Gasteiger partial charge in [-0.1, -0.05) is 6.92 Å². The predicted molar refractivity (Wildman–Crippen MR) is 59.2 cm³/mol. The van der Waals surface area contributed by atoms with Gasteiger partial charge in [-0.2, -0.15) is 0 Å². The van der Waals surface area contributed by atoms with Gasteiger partial charge in [-0.15, -0.1) is 0 Å². The maximum Gasteiger partial charge on any atom is 0.274 e. The summed E-state index contributed by atoms with van der Waals surface area (Å²) >= 11 is 0. The van der Waals surface area contributed by atoms with E-state index in [2.05, 4.69) is 10.1 Å². The number of aromatic nitrogens is 3. The van der Waals surface area contributed by atoms with Crippen LogP contribution < -0.4 is 11.3 Å². The molecule has 0 fully saturated rings. The summed E-state index contributed by atoms with van der Waals surface area (Å²) < 4.78 is 1.63. The number of carbonyl (C=O) groups excluding carboxylic acids is 1. The number of pyridine rings is 1. The molecule has 2 aromatic heterocycles. The van der Waals surface area contributed by atoms with Crippen molar-refractivity contribution in [2.75, 3.05) is 0 Å². The highest BCUT2D eigenvalue weighted by Gasteiger charge is 2.14. The first-order chi connectivity index (χ1) is 7.65. The molecule has 0 atom stereocenters. The van der Waals surface area contributed by atoms with Gasteiger partial charge in [-0.3, -0.25) is 19.4 Å². The molecule has 0 radical (unpaired) electrons. The number of H-pyrrole nitrogens is 1. The lowest BCUT2D eigenvalue weighted by atomic mass is 10.2. The average molecular weight is 220 g/mol. The van der Waals surface area contributed by atoms with Crippen LogP contribution in [0.2, 0.25) is 0 Å². The number of fused-ring (bicyclic) bond motifs is 1. The number of hydrogen-bond acceptors (Lipinski definition) is 3. The van der Waals surface area contributed by atoms with Crippen LogP contribution in [0.4, 0.5) is 0 Å².